The molecule has 34 heavy (non-hydrogen) atoms. The van der Waals surface area contributed by atoms with Crippen molar-refractivity contribution in [2.75, 3.05) is 5.32 Å². The Balaban J connectivity index is 1.65. The van der Waals surface area contributed by atoms with Gasteiger partial charge < -0.3 is 5.32 Å². The maximum atomic E-state index is 13.8. The van der Waals surface area contributed by atoms with E-state index >= 15 is 0 Å². The molecule has 0 aliphatic heterocycles. The Labute approximate surface area is 201 Å². The lowest BCUT2D eigenvalue weighted by Gasteiger charge is -2.12. The van der Waals surface area contributed by atoms with Gasteiger partial charge in [0.05, 0.1) is 10.7 Å². The number of carbonyl (C=O) groups excluding carboxylic acids is 1. The molecule has 3 N–H and O–H groups in total. The van der Waals surface area contributed by atoms with Crippen LogP contribution in [0.3, 0.4) is 0 Å². The van der Waals surface area contributed by atoms with Crippen molar-refractivity contribution in [2.45, 2.75) is 0 Å². The van der Waals surface area contributed by atoms with Crippen LogP contribution in [0.2, 0.25) is 10.0 Å². The van der Waals surface area contributed by atoms with Gasteiger partial charge in [0.1, 0.15) is 17.5 Å². The molecule has 0 bridgehead atoms. The highest BCUT2D eigenvalue weighted by Crippen LogP contribution is 2.23. The number of H-pyrrole nitrogens is 1. The van der Waals surface area contributed by atoms with Crippen molar-refractivity contribution in [1.82, 2.24) is 15.5 Å². The highest BCUT2D eigenvalue weighted by molar-refractivity contribution is 6.31. The molecule has 3 aromatic carbocycles. The Morgan fingerprint density at radius 3 is 2.38 bits per heavy atom. The van der Waals surface area contributed by atoms with Gasteiger partial charge in [-0.1, -0.05) is 23.2 Å². The molecule has 1 aromatic heterocycles. The van der Waals surface area contributed by atoms with Crippen molar-refractivity contribution >= 4 is 46.6 Å². The zero-order valence-corrected chi connectivity index (χ0v) is 18.6. The number of hydrogen-bond donors (Lipinski definition) is 3. The molecule has 0 saturated heterocycles. The number of aromatic nitrogens is 2. The second-order valence-electron chi connectivity index (χ2n) is 6.97. The van der Waals surface area contributed by atoms with E-state index in [2.05, 4.69) is 25.8 Å². The van der Waals surface area contributed by atoms with Gasteiger partial charge in [-0.15, -0.1) is 0 Å². The Bertz CT molecular complexity index is 1370. The van der Waals surface area contributed by atoms with Crippen molar-refractivity contribution < 1.29 is 18.0 Å². The molecule has 0 radical (unpaired) electrons. The van der Waals surface area contributed by atoms with Crippen LogP contribution in [-0.4, -0.2) is 22.1 Å². The third kappa shape index (κ3) is 5.75. The van der Waals surface area contributed by atoms with Crippen LogP contribution in [-0.2, 0) is 0 Å². The summed E-state index contributed by atoms with van der Waals surface area (Å²) in [5, 5.41) is 12.1. The molecular formula is C23H14Cl2F3N5O. The number of aliphatic imine (C=N–C) groups is 1. The van der Waals surface area contributed by atoms with E-state index in [0.717, 1.165) is 18.2 Å². The van der Waals surface area contributed by atoms with E-state index in [1.54, 1.807) is 18.2 Å². The van der Waals surface area contributed by atoms with Gasteiger partial charge >= 0.3 is 0 Å². The van der Waals surface area contributed by atoms with Crippen LogP contribution < -0.4 is 10.6 Å². The molecule has 6 nitrogen and oxygen atoms in total. The molecule has 4 aromatic rings. The number of guanidine groups is 1. The number of aromatic amines is 1. The molecule has 0 aliphatic carbocycles. The van der Waals surface area contributed by atoms with Gasteiger partial charge in [0.15, 0.2) is 5.82 Å². The van der Waals surface area contributed by atoms with Crippen LogP contribution in [0.1, 0.15) is 10.4 Å². The quantitative estimate of drug-likeness (QED) is 0.224. The maximum absolute atomic E-state index is 13.8. The number of rotatable bonds is 4. The van der Waals surface area contributed by atoms with E-state index in [9.17, 15) is 18.0 Å². The lowest BCUT2D eigenvalue weighted by Crippen LogP contribution is -2.36. The molecular weight excluding hydrogens is 490 g/mol. The number of amides is 1. The van der Waals surface area contributed by atoms with E-state index in [4.69, 9.17) is 23.2 Å². The van der Waals surface area contributed by atoms with Crippen molar-refractivity contribution in [1.29, 1.82) is 0 Å². The number of nitrogens with zero attached hydrogens (tertiary/aromatic N) is 2. The normalized spacial score (nSPS) is 11.4. The highest BCUT2D eigenvalue weighted by Gasteiger charge is 2.14. The van der Waals surface area contributed by atoms with Crippen LogP contribution in [0.5, 0.6) is 0 Å². The smallest absolute Gasteiger partial charge is 0.258 e. The minimum absolute atomic E-state index is 0.0253. The van der Waals surface area contributed by atoms with E-state index in [1.165, 1.54) is 30.3 Å². The first-order valence-electron chi connectivity index (χ1n) is 9.66. The van der Waals surface area contributed by atoms with Gasteiger partial charge in [0.25, 0.3) is 5.91 Å². The molecule has 0 fully saturated rings. The van der Waals surface area contributed by atoms with Gasteiger partial charge in [-0.3, -0.25) is 15.2 Å². The first-order chi connectivity index (χ1) is 16.3. The fourth-order valence-electron chi connectivity index (χ4n) is 2.93. The van der Waals surface area contributed by atoms with Crippen LogP contribution in [0.15, 0.2) is 71.7 Å². The van der Waals surface area contributed by atoms with Crippen molar-refractivity contribution in [2.24, 2.45) is 4.99 Å². The molecule has 11 heteroatoms. The first kappa shape index (κ1) is 23.3. The molecule has 0 aliphatic rings. The summed E-state index contributed by atoms with van der Waals surface area (Å²) in [6.45, 7) is 0. The summed E-state index contributed by atoms with van der Waals surface area (Å²) in [5.74, 6) is -2.47. The molecule has 172 valence electrons. The molecule has 0 unspecified atom stereocenters. The van der Waals surface area contributed by atoms with Crippen molar-refractivity contribution in [3.8, 4) is 11.3 Å². The minimum Gasteiger partial charge on any atom is -0.325 e. The third-order valence-corrected chi connectivity index (χ3v) is 5.01. The number of nitrogens with one attached hydrogen (secondary N) is 3. The standard InChI is InChI=1S/C23H14Cl2F3N5O/c24-14-8-16(27)10-17(9-14)29-23(31-22(34)13-3-6-18(25)19(28)7-13)30-21-11-20(32-33-21)12-1-4-15(26)5-2-12/h1-11H,(H3,29,30,31,32,33,34). The number of halogens is 5. The molecule has 0 saturated carbocycles. The molecule has 0 spiro atoms. The predicted octanol–water partition coefficient (Wildman–Crippen LogP) is 6.33. The SMILES string of the molecule is O=C(NC(=Nc1cc(-c2ccc(F)cc2)[nH]n1)Nc1cc(F)cc(Cl)c1)c1ccc(Cl)c(F)c1. The van der Waals surface area contributed by atoms with E-state index in [0.29, 0.717) is 11.3 Å². The van der Waals surface area contributed by atoms with Gasteiger partial charge in [-0.2, -0.15) is 10.1 Å². The molecule has 4 rings (SSSR count). The summed E-state index contributed by atoms with van der Waals surface area (Å²) in [6, 6.07) is 14.5. The lowest BCUT2D eigenvalue weighted by atomic mass is 10.1. The number of hydrogen-bond acceptors (Lipinski definition) is 3. The monoisotopic (exact) mass is 503 g/mol. The van der Waals surface area contributed by atoms with Gasteiger partial charge in [-0.05, 0) is 66.2 Å². The van der Waals surface area contributed by atoms with Crippen LogP contribution in [0.25, 0.3) is 11.3 Å². The Morgan fingerprint density at radius 2 is 1.68 bits per heavy atom. The zero-order chi connectivity index (χ0) is 24.2. The van der Waals surface area contributed by atoms with Gasteiger partial charge in [0.2, 0.25) is 5.96 Å². The Hall–Kier alpha value is -3.82. The average molecular weight is 504 g/mol. The van der Waals surface area contributed by atoms with Gasteiger partial charge in [-0.25, -0.2) is 13.2 Å². The van der Waals surface area contributed by atoms with Crippen molar-refractivity contribution in [3.63, 3.8) is 0 Å². The fraction of sp³-hybridized carbons (Fsp3) is 0. The van der Waals surface area contributed by atoms with Crippen LogP contribution in [0, 0.1) is 17.5 Å². The fourth-order valence-corrected chi connectivity index (χ4v) is 3.27. The van der Waals surface area contributed by atoms with Crippen molar-refractivity contribution in [3.05, 3.63) is 99.8 Å². The van der Waals surface area contributed by atoms with Crippen LogP contribution >= 0.6 is 23.2 Å². The van der Waals surface area contributed by atoms with E-state index in [1.807, 2.05) is 0 Å². The summed E-state index contributed by atoms with van der Waals surface area (Å²) < 4.78 is 40.8. The second kappa shape index (κ2) is 9.98. The van der Waals surface area contributed by atoms with Crippen LogP contribution in [0.4, 0.5) is 24.7 Å². The number of anilines is 1. The zero-order valence-electron chi connectivity index (χ0n) is 17.0. The maximum Gasteiger partial charge on any atom is 0.258 e. The van der Waals surface area contributed by atoms with E-state index < -0.39 is 17.5 Å². The van der Waals surface area contributed by atoms with Gasteiger partial charge in [0, 0.05) is 22.3 Å². The van der Waals surface area contributed by atoms with E-state index in [-0.39, 0.29) is 38.9 Å². The minimum atomic E-state index is -0.770. The third-order valence-electron chi connectivity index (χ3n) is 4.48. The number of benzene rings is 3. The summed E-state index contributed by atoms with van der Waals surface area (Å²) in [6.07, 6.45) is 0. The molecule has 1 heterocycles. The topological polar surface area (TPSA) is 82.2 Å². The number of carbonyl (C=O) groups is 1. The molecule has 1 amide bonds. The highest BCUT2D eigenvalue weighted by atomic mass is 35.5. The Kier molecular flexibility index (Phi) is 6.85. The Morgan fingerprint density at radius 1 is 0.912 bits per heavy atom. The second-order valence-corrected chi connectivity index (χ2v) is 7.82. The summed E-state index contributed by atoms with van der Waals surface area (Å²) in [7, 11) is 0. The average Bonchev–Trinajstić information content (AvgIpc) is 3.23. The lowest BCUT2D eigenvalue weighted by molar-refractivity contribution is 0.0976. The molecule has 0 atom stereocenters. The first-order valence-corrected chi connectivity index (χ1v) is 10.4. The predicted molar refractivity (Wildman–Crippen MR) is 125 cm³/mol. The summed E-state index contributed by atoms with van der Waals surface area (Å²) >= 11 is 11.6. The largest absolute Gasteiger partial charge is 0.325 e. The summed E-state index contributed by atoms with van der Waals surface area (Å²) in [4.78, 5) is 16.9. The summed E-state index contributed by atoms with van der Waals surface area (Å²) in [5.41, 5.74) is 1.36.